The summed E-state index contributed by atoms with van der Waals surface area (Å²) in [4.78, 5) is 15.1. The first-order valence-corrected chi connectivity index (χ1v) is 8.98. The van der Waals surface area contributed by atoms with Crippen molar-refractivity contribution in [2.75, 3.05) is 13.1 Å². The number of aromatic carboxylic acids is 1. The molecule has 6 nitrogen and oxygen atoms in total. The van der Waals surface area contributed by atoms with E-state index in [1.54, 1.807) is 6.92 Å². The number of pyridine rings is 1. The van der Waals surface area contributed by atoms with Crippen molar-refractivity contribution in [2.45, 2.75) is 43.9 Å². The van der Waals surface area contributed by atoms with Crippen molar-refractivity contribution in [1.29, 1.82) is 0 Å². The number of sulfonamides is 1. The van der Waals surface area contributed by atoms with Gasteiger partial charge in [-0.25, -0.2) is 13.2 Å². The van der Waals surface area contributed by atoms with Gasteiger partial charge in [-0.2, -0.15) is 4.31 Å². The molecule has 3 rings (SSSR count). The molecule has 2 aliphatic rings. The fraction of sp³-hybridized carbons (Fsp3) is 0.600. The largest absolute Gasteiger partial charge is 0.478 e. The third-order valence-electron chi connectivity index (χ3n) is 4.89. The van der Waals surface area contributed by atoms with Gasteiger partial charge in [-0.05, 0) is 50.5 Å². The second-order valence-corrected chi connectivity index (χ2v) is 8.30. The lowest BCUT2D eigenvalue weighted by molar-refractivity contribution is 0.0695. The van der Waals surface area contributed by atoms with Crippen LogP contribution in [0.1, 0.15) is 48.2 Å². The summed E-state index contributed by atoms with van der Waals surface area (Å²) in [5.41, 5.74) is 0.635. The van der Waals surface area contributed by atoms with Crippen molar-refractivity contribution in [3.05, 3.63) is 23.5 Å². The van der Waals surface area contributed by atoms with Crippen LogP contribution in [0.5, 0.6) is 0 Å². The van der Waals surface area contributed by atoms with E-state index < -0.39 is 16.0 Å². The quantitative estimate of drug-likeness (QED) is 0.919. The average molecular weight is 324 g/mol. The highest BCUT2D eigenvalue weighted by atomic mass is 32.2. The average Bonchev–Trinajstić information content (AvgIpc) is 3.26. The topological polar surface area (TPSA) is 87.6 Å². The van der Waals surface area contributed by atoms with Gasteiger partial charge in [0.2, 0.25) is 10.0 Å². The van der Waals surface area contributed by atoms with Crippen molar-refractivity contribution in [3.8, 4) is 0 Å². The van der Waals surface area contributed by atoms with Crippen LogP contribution in [0.15, 0.2) is 17.2 Å². The number of rotatable bonds is 3. The highest BCUT2D eigenvalue weighted by Crippen LogP contribution is 2.53. The minimum Gasteiger partial charge on any atom is -0.478 e. The molecular weight excluding hydrogens is 304 g/mol. The van der Waals surface area contributed by atoms with Crippen molar-refractivity contribution in [2.24, 2.45) is 5.41 Å². The van der Waals surface area contributed by atoms with Gasteiger partial charge in [0.1, 0.15) is 4.90 Å². The molecule has 120 valence electrons. The number of hydrogen-bond donors (Lipinski definition) is 1. The first kappa shape index (κ1) is 15.4. The second-order valence-electron chi connectivity index (χ2n) is 6.37. The van der Waals surface area contributed by atoms with Gasteiger partial charge in [0.25, 0.3) is 0 Å². The van der Waals surface area contributed by atoms with Crippen LogP contribution in [0.25, 0.3) is 0 Å². The van der Waals surface area contributed by atoms with Gasteiger partial charge >= 0.3 is 5.97 Å². The third-order valence-corrected chi connectivity index (χ3v) is 6.76. The minimum atomic E-state index is -3.67. The van der Waals surface area contributed by atoms with Crippen molar-refractivity contribution < 1.29 is 18.3 Å². The summed E-state index contributed by atoms with van der Waals surface area (Å²) < 4.78 is 27.0. The van der Waals surface area contributed by atoms with Crippen LogP contribution in [-0.4, -0.2) is 41.9 Å². The van der Waals surface area contributed by atoms with Crippen LogP contribution in [0, 0.1) is 12.3 Å². The van der Waals surface area contributed by atoms with Crippen LogP contribution in [0.4, 0.5) is 0 Å². The van der Waals surface area contributed by atoms with Gasteiger partial charge in [-0.3, -0.25) is 4.98 Å². The lowest BCUT2D eigenvalue weighted by Gasteiger charge is -2.20. The molecule has 0 unspecified atom stereocenters. The first-order valence-electron chi connectivity index (χ1n) is 7.54. The van der Waals surface area contributed by atoms with Crippen LogP contribution >= 0.6 is 0 Å². The Morgan fingerprint density at radius 3 is 2.64 bits per heavy atom. The Morgan fingerprint density at radius 2 is 2.00 bits per heavy atom. The number of nitrogens with zero attached hydrogens (tertiary/aromatic N) is 2. The Hall–Kier alpha value is -1.47. The van der Waals surface area contributed by atoms with Crippen LogP contribution in [0.2, 0.25) is 0 Å². The molecule has 1 saturated carbocycles. The maximum Gasteiger partial charge on any atom is 0.337 e. The molecule has 1 aromatic rings. The molecule has 1 aromatic heterocycles. The number of carbonyl (C=O) groups is 1. The van der Waals surface area contributed by atoms with Gasteiger partial charge in [0.05, 0.1) is 11.3 Å². The summed E-state index contributed by atoms with van der Waals surface area (Å²) in [6.45, 7) is 2.57. The number of aryl methyl sites for hydroxylation is 1. The van der Waals surface area contributed by atoms with Crippen LogP contribution < -0.4 is 0 Å². The number of aromatic nitrogens is 1. The highest BCUT2D eigenvalue weighted by Gasteiger charge is 2.44. The summed E-state index contributed by atoms with van der Waals surface area (Å²) >= 11 is 0. The predicted molar refractivity (Wildman–Crippen MR) is 80.2 cm³/mol. The van der Waals surface area contributed by atoms with E-state index in [0.717, 1.165) is 19.3 Å². The summed E-state index contributed by atoms with van der Waals surface area (Å²) in [5, 5.41) is 9.14. The van der Waals surface area contributed by atoms with Gasteiger partial charge in [0.15, 0.2) is 0 Å². The van der Waals surface area contributed by atoms with Crippen LogP contribution in [0.3, 0.4) is 0 Å². The lowest BCUT2D eigenvalue weighted by atomic mass is 9.98. The third kappa shape index (κ3) is 2.75. The predicted octanol–water partition coefficient (Wildman–Crippen LogP) is 2.04. The van der Waals surface area contributed by atoms with Gasteiger partial charge in [-0.1, -0.05) is 0 Å². The normalized spacial score (nSPS) is 21.5. The van der Waals surface area contributed by atoms with E-state index in [2.05, 4.69) is 4.98 Å². The summed E-state index contributed by atoms with van der Waals surface area (Å²) in [5.74, 6) is -1.16. The minimum absolute atomic E-state index is 0.0257. The monoisotopic (exact) mass is 324 g/mol. The van der Waals surface area contributed by atoms with Gasteiger partial charge in [0, 0.05) is 19.3 Å². The van der Waals surface area contributed by atoms with E-state index in [9.17, 15) is 13.2 Å². The number of carboxylic acid groups (broad SMARTS) is 1. The fourth-order valence-electron chi connectivity index (χ4n) is 3.17. The molecule has 1 saturated heterocycles. The Morgan fingerprint density at radius 1 is 1.27 bits per heavy atom. The van der Waals surface area contributed by atoms with E-state index in [4.69, 9.17) is 5.11 Å². The molecule has 0 bridgehead atoms. The van der Waals surface area contributed by atoms with Crippen molar-refractivity contribution in [1.82, 2.24) is 9.29 Å². The Kier molecular flexibility index (Phi) is 3.72. The Bertz CT molecular complexity index is 710. The lowest BCUT2D eigenvalue weighted by Crippen LogP contribution is -2.32. The molecule has 0 radical (unpaired) electrons. The zero-order valence-corrected chi connectivity index (χ0v) is 13.4. The summed E-state index contributed by atoms with van der Waals surface area (Å²) in [7, 11) is -3.67. The molecule has 2 fully saturated rings. The molecule has 2 heterocycles. The first-order chi connectivity index (χ1) is 10.3. The SMILES string of the molecule is Cc1ncc(S(=O)(=O)N2CCCC3(CC2)CC3)cc1C(=O)O. The molecule has 1 aliphatic carbocycles. The Balaban J connectivity index is 1.89. The maximum absolute atomic E-state index is 12.8. The second kappa shape index (κ2) is 5.31. The molecule has 0 amide bonds. The molecule has 1 spiro atoms. The zero-order chi connectivity index (χ0) is 16.0. The van der Waals surface area contributed by atoms with E-state index in [-0.39, 0.29) is 10.5 Å². The highest BCUT2D eigenvalue weighted by molar-refractivity contribution is 7.89. The van der Waals surface area contributed by atoms with E-state index in [1.807, 2.05) is 0 Å². The molecular formula is C15H20N2O4S. The molecule has 1 N–H and O–H groups in total. The fourth-order valence-corrected chi connectivity index (χ4v) is 4.62. The summed E-state index contributed by atoms with van der Waals surface area (Å²) in [6.07, 6.45) is 6.52. The van der Waals surface area contributed by atoms with E-state index in [0.29, 0.717) is 24.2 Å². The number of carboxylic acids is 1. The summed E-state index contributed by atoms with van der Waals surface area (Å²) in [6, 6.07) is 1.22. The molecule has 7 heteroatoms. The van der Waals surface area contributed by atoms with Crippen LogP contribution in [-0.2, 0) is 10.0 Å². The van der Waals surface area contributed by atoms with Crippen molar-refractivity contribution in [3.63, 3.8) is 0 Å². The smallest absolute Gasteiger partial charge is 0.337 e. The van der Waals surface area contributed by atoms with Gasteiger partial charge in [-0.15, -0.1) is 0 Å². The standard InChI is InChI=1S/C15H20N2O4S/c1-11-13(14(18)19)9-12(10-16-11)22(20,21)17-7-2-3-15(4-5-15)6-8-17/h9-10H,2-8H2,1H3,(H,18,19). The number of hydrogen-bond acceptors (Lipinski definition) is 4. The zero-order valence-electron chi connectivity index (χ0n) is 12.6. The maximum atomic E-state index is 12.8. The molecule has 0 aromatic carbocycles. The molecule has 22 heavy (non-hydrogen) atoms. The Labute approximate surface area is 130 Å². The molecule has 0 atom stereocenters. The van der Waals surface area contributed by atoms with E-state index in [1.165, 1.54) is 29.4 Å². The van der Waals surface area contributed by atoms with Crippen molar-refractivity contribution >= 4 is 16.0 Å². The van der Waals surface area contributed by atoms with Gasteiger partial charge < -0.3 is 5.11 Å². The van der Waals surface area contributed by atoms with E-state index >= 15 is 0 Å². The molecule has 1 aliphatic heterocycles.